The van der Waals surface area contributed by atoms with Crippen LogP contribution in [0.5, 0.6) is 0 Å². The lowest BCUT2D eigenvalue weighted by atomic mass is 9.93. The quantitative estimate of drug-likeness (QED) is 0.486. The molecule has 0 spiro atoms. The number of nitrogens with two attached hydrogens (primary N) is 1. The van der Waals surface area contributed by atoms with E-state index in [1.54, 1.807) is 25.7 Å². The molecule has 0 aliphatic carbocycles. The van der Waals surface area contributed by atoms with Crippen LogP contribution < -0.4 is 16.4 Å². The Labute approximate surface area is 144 Å². The van der Waals surface area contributed by atoms with Crippen molar-refractivity contribution in [2.45, 2.75) is 46.6 Å². The van der Waals surface area contributed by atoms with E-state index in [0.717, 1.165) is 19.4 Å². The minimum atomic E-state index is -0.685. The van der Waals surface area contributed by atoms with Gasteiger partial charge in [-0.15, -0.1) is 0 Å². The van der Waals surface area contributed by atoms with Crippen molar-refractivity contribution in [3.05, 3.63) is 0 Å². The molecule has 24 heavy (non-hydrogen) atoms. The van der Waals surface area contributed by atoms with Crippen molar-refractivity contribution >= 4 is 18.0 Å². The lowest BCUT2D eigenvalue weighted by molar-refractivity contribution is -0.125. The molecule has 0 unspecified atom stereocenters. The van der Waals surface area contributed by atoms with E-state index in [-0.39, 0.29) is 18.0 Å². The van der Waals surface area contributed by atoms with E-state index in [0.29, 0.717) is 32.2 Å². The van der Waals surface area contributed by atoms with Crippen LogP contribution in [0.1, 0.15) is 40.5 Å². The van der Waals surface area contributed by atoms with Gasteiger partial charge in [0.25, 0.3) is 0 Å². The number of piperidine rings is 1. The van der Waals surface area contributed by atoms with E-state index >= 15 is 0 Å². The number of amides is 2. The molecule has 1 fully saturated rings. The number of hydrogen-bond acceptors (Lipinski definition) is 4. The molecule has 0 aromatic carbocycles. The Morgan fingerprint density at radius 1 is 1.29 bits per heavy atom. The number of rotatable bonds is 6. The summed E-state index contributed by atoms with van der Waals surface area (Å²) in [5, 5.41) is 6.55. The second kappa shape index (κ2) is 9.34. The average Bonchev–Trinajstić information content (AvgIpc) is 2.53. The van der Waals surface area contributed by atoms with Crippen LogP contribution in [0.4, 0.5) is 4.79 Å². The van der Waals surface area contributed by atoms with Crippen LogP contribution in [-0.4, -0.2) is 61.7 Å². The predicted molar refractivity (Wildman–Crippen MR) is 93.7 cm³/mol. The summed E-state index contributed by atoms with van der Waals surface area (Å²) in [5.41, 5.74) is 4.70. The highest BCUT2D eigenvalue weighted by Gasteiger charge is 2.26. The number of nitrogens with zero attached hydrogens (tertiary/aromatic N) is 2. The van der Waals surface area contributed by atoms with E-state index in [1.807, 2.05) is 6.92 Å². The Balaban J connectivity index is 2.55. The number of ether oxygens (including phenoxy) is 1. The van der Waals surface area contributed by atoms with Gasteiger partial charge < -0.3 is 26.0 Å². The number of nitrogens with one attached hydrogen (secondary N) is 2. The fourth-order valence-corrected chi connectivity index (χ4v) is 2.29. The summed E-state index contributed by atoms with van der Waals surface area (Å²) < 4.78 is 5.02. The van der Waals surface area contributed by atoms with Gasteiger partial charge in [0.15, 0.2) is 5.96 Å². The molecular weight excluding hydrogens is 310 g/mol. The van der Waals surface area contributed by atoms with Gasteiger partial charge >= 0.3 is 6.09 Å². The van der Waals surface area contributed by atoms with E-state index in [4.69, 9.17) is 10.5 Å². The number of likely N-dealkylation sites (tertiary alicyclic amines) is 1. The molecule has 0 aromatic heterocycles. The van der Waals surface area contributed by atoms with Crippen LogP contribution in [-0.2, 0) is 9.53 Å². The Morgan fingerprint density at radius 2 is 1.92 bits per heavy atom. The van der Waals surface area contributed by atoms with Crippen LogP contribution in [0.15, 0.2) is 4.99 Å². The molecule has 4 N–H and O–H groups in total. The maximum absolute atomic E-state index is 11.7. The number of carbonyl (C=O) groups excluding carboxylic acids is 2. The van der Waals surface area contributed by atoms with Crippen molar-refractivity contribution in [2.24, 2.45) is 16.1 Å². The predicted octanol–water partition coefficient (Wildman–Crippen LogP) is 0.674. The molecule has 2 amide bonds. The van der Waals surface area contributed by atoms with E-state index in [2.05, 4.69) is 15.6 Å². The van der Waals surface area contributed by atoms with Gasteiger partial charge in [0.2, 0.25) is 5.91 Å². The van der Waals surface area contributed by atoms with Crippen LogP contribution >= 0.6 is 0 Å². The highest BCUT2D eigenvalue weighted by atomic mass is 16.6. The van der Waals surface area contributed by atoms with Crippen LogP contribution in [0.25, 0.3) is 0 Å². The summed E-state index contributed by atoms with van der Waals surface area (Å²) >= 11 is 0. The van der Waals surface area contributed by atoms with Crippen molar-refractivity contribution < 1.29 is 14.3 Å². The van der Waals surface area contributed by atoms with Gasteiger partial charge in [0.05, 0.1) is 18.6 Å². The molecule has 1 aliphatic heterocycles. The first-order chi connectivity index (χ1) is 11.3. The maximum Gasteiger partial charge on any atom is 0.409 e. The number of primary amides is 1. The van der Waals surface area contributed by atoms with E-state index < -0.39 is 5.41 Å². The molecule has 8 nitrogen and oxygen atoms in total. The molecule has 1 rings (SSSR count). The Kier molecular flexibility index (Phi) is 7.81. The topological polar surface area (TPSA) is 109 Å². The second-order valence-electron chi connectivity index (χ2n) is 6.55. The molecule has 0 saturated carbocycles. The minimum Gasteiger partial charge on any atom is -0.450 e. The van der Waals surface area contributed by atoms with Gasteiger partial charge in [-0.05, 0) is 40.5 Å². The molecule has 1 saturated heterocycles. The fraction of sp³-hybridized carbons (Fsp3) is 0.812. The lowest BCUT2D eigenvalue weighted by Gasteiger charge is -2.32. The third-order valence-electron chi connectivity index (χ3n) is 4.01. The Bertz CT molecular complexity index is 457. The number of aliphatic imine (C=N–C) groups is 1. The molecular formula is C16H31N5O3. The highest BCUT2D eigenvalue weighted by Crippen LogP contribution is 2.15. The second-order valence-corrected chi connectivity index (χ2v) is 6.55. The lowest BCUT2D eigenvalue weighted by Crippen LogP contribution is -2.50. The number of carbonyl (C=O) groups is 2. The zero-order chi connectivity index (χ0) is 18.2. The third-order valence-corrected chi connectivity index (χ3v) is 4.01. The summed E-state index contributed by atoms with van der Waals surface area (Å²) in [5.74, 6) is 0.297. The largest absolute Gasteiger partial charge is 0.450 e. The molecule has 0 aromatic rings. The molecule has 1 heterocycles. The third kappa shape index (κ3) is 6.25. The van der Waals surface area contributed by atoms with Gasteiger partial charge in [-0.2, -0.15) is 0 Å². The number of hydrogen-bond donors (Lipinski definition) is 3. The van der Waals surface area contributed by atoms with Crippen LogP contribution in [0, 0.1) is 5.41 Å². The van der Waals surface area contributed by atoms with Crippen molar-refractivity contribution in [1.82, 2.24) is 15.5 Å². The minimum absolute atomic E-state index is 0.227. The van der Waals surface area contributed by atoms with E-state index in [9.17, 15) is 9.59 Å². The highest BCUT2D eigenvalue weighted by molar-refractivity contribution is 5.82. The van der Waals surface area contributed by atoms with Crippen molar-refractivity contribution in [3.8, 4) is 0 Å². The summed E-state index contributed by atoms with van der Waals surface area (Å²) in [6.45, 7) is 10.1. The average molecular weight is 341 g/mol. The van der Waals surface area contributed by atoms with Gasteiger partial charge in [-0.1, -0.05) is 0 Å². The zero-order valence-electron chi connectivity index (χ0n) is 15.2. The van der Waals surface area contributed by atoms with Crippen molar-refractivity contribution in [3.63, 3.8) is 0 Å². The van der Waals surface area contributed by atoms with Crippen LogP contribution in [0.3, 0.4) is 0 Å². The van der Waals surface area contributed by atoms with Crippen molar-refractivity contribution in [2.75, 3.05) is 32.8 Å². The first-order valence-electron chi connectivity index (χ1n) is 8.56. The SMILES string of the molecule is CCNC(=NCC(C)(C)C(N)=O)NC1CCN(C(=O)OCC)CC1. The van der Waals surface area contributed by atoms with Gasteiger partial charge in [0, 0.05) is 25.7 Å². The molecule has 138 valence electrons. The van der Waals surface area contributed by atoms with Gasteiger partial charge in [-0.3, -0.25) is 9.79 Å². The monoisotopic (exact) mass is 341 g/mol. The zero-order valence-corrected chi connectivity index (χ0v) is 15.2. The first-order valence-corrected chi connectivity index (χ1v) is 8.56. The maximum atomic E-state index is 11.7. The smallest absolute Gasteiger partial charge is 0.409 e. The summed E-state index contributed by atoms with van der Waals surface area (Å²) in [7, 11) is 0. The van der Waals surface area contributed by atoms with E-state index in [1.165, 1.54) is 0 Å². The Morgan fingerprint density at radius 3 is 2.42 bits per heavy atom. The summed E-state index contributed by atoms with van der Waals surface area (Å²) in [4.78, 5) is 29.3. The van der Waals surface area contributed by atoms with Crippen LogP contribution in [0.2, 0.25) is 0 Å². The van der Waals surface area contributed by atoms with Gasteiger partial charge in [0.1, 0.15) is 0 Å². The normalized spacial score (nSPS) is 16.7. The Hall–Kier alpha value is -1.99. The summed E-state index contributed by atoms with van der Waals surface area (Å²) in [6, 6.07) is 0.227. The van der Waals surface area contributed by atoms with Crippen molar-refractivity contribution in [1.29, 1.82) is 0 Å². The first kappa shape index (κ1) is 20.1. The molecule has 8 heteroatoms. The fourth-order valence-electron chi connectivity index (χ4n) is 2.29. The molecule has 1 aliphatic rings. The summed E-state index contributed by atoms with van der Waals surface area (Å²) in [6.07, 6.45) is 1.39. The standard InChI is InChI=1S/C16H31N5O3/c1-5-18-14(19-11-16(3,4)13(17)22)20-12-7-9-21(10-8-12)15(23)24-6-2/h12H,5-11H2,1-4H3,(H2,17,22)(H2,18,19,20). The molecule has 0 atom stereocenters. The molecule has 0 radical (unpaired) electrons. The number of guanidine groups is 1. The van der Waals surface area contributed by atoms with Gasteiger partial charge in [-0.25, -0.2) is 4.79 Å². The molecule has 0 bridgehead atoms.